The Kier molecular flexibility index (Phi) is 3.54. The standard InChI is InChI=1S/C13H16FNO/c1-2-3-4-13-15-12(9-16-13)10-5-7-11(14)8-6-10/h5-8,12H,2-4,9H2,1H3. The van der Waals surface area contributed by atoms with Crippen LogP contribution in [0.2, 0.25) is 0 Å². The van der Waals surface area contributed by atoms with Gasteiger partial charge in [0.2, 0.25) is 0 Å². The van der Waals surface area contributed by atoms with E-state index in [0.29, 0.717) is 6.61 Å². The molecule has 1 aliphatic rings. The molecular formula is C13H16FNO. The van der Waals surface area contributed by atoms with E-state index in [2.05, 4.69) is 11.9 Å². The smallest absolute Gasteiger partial charge is 0.184 e. The monoisotopic (exact) mass is 221 g/mol. The van der Waals surface area contributed by atoms with Crippen LogP contribution in [0, 0.1) is 5.82 Å². The maximum atomic E-state index is 12.7. The molecule has 16 heavy (non-hydrogen) atoms. The molecule has 2 rings (SSSR count). The molecule has 1 aromatic rings. The number of ether oxygens (including phenoxy) is 1. The van der Waals surface area contributed by atoms with E-state index in [-0.39, 0.29) is 11.9 Å². The van der Waals surface area contributed by atoms with Crippen molar-refractivity contribution >= 4 is 5.90 Å². The number of hydrogen-bond donors (Lipinski definition) is 0. The molecule has 0 saturated carbocycles. The summed E-state index contributed by atoms with van der Waals surface area (Å²) in [6, 6.07) is 6.53. The minimum absolute atomic E-state index is 0.0486. The highest BCUT2D eigenvalue weighted by Crippen LogP contribution is 2.24. The first-order valence-electron chi connectivity index (χ1n) is 5.74. The maximum absolute atomic E-state index is 12.7. The van der Waals surface area contributed by atoms with Gasteiger partial charge in [0, 0.05) is 6.42 Å². The third-order valence-corrected chi connectivity index (χ3v) is 2.71. The van der Waals surface area contributed by atoms with Crippen molar-refractivity contribution < 1.29 is 9.13 Å². The average molecular weight is 221 g/mol. The van der Waals surface area contributed by atoms with Gasteiger partial charge in [-0.2, -0.15) is 0 Å². The molecule has 1 aromatic carbocycles. The Morgan fingerprint density at radius 1 is 1.38 bits per heavy atom. The fourth-order valence-electron chi connectivity index (χ4n) is 1.74. The van der Waals surface area contributed by atoms with Crippen LogP contribution in [0.25, 0.3) is 0 Å². The number of rotatable bonds is 4. The lowest BCUT2D eigenvalue weighted by molar-refractivity contribution is 0.310. The summed E-state index contributed by atoms with van der Waals surface area (Å²) < 4.78 is 18.3. The molecule has 0 bridgehead atoms. The topological polar surface area (TPSA) is 21.6 Å². The van der Waals surface area contributed by atoms with Gasteiger partial charge < -0.3 is 4.74 Å². The van der Waals surface area contributed by atoms with Gasteiger partial charge in [0.1, 0.15) is 18.5 Å². The molecule has 0 aliphatic carbocycles. The van der Waals surface area contributed by atoms with Crippen LogP contribution in [0.3, 0.4) is 0 Å². The maximum Gasteiger partial charge on any atom is 0.184 e. The minimum atomic E-state index is -0.210. The van der Waals surface area contributed by atoms with Gasteiger partial charge in [-0.1, -0.05) is 25.5 Å². The molecule has 1 unspecified atom stereocenters. The number of aliphatic imine (C=N–C) groups is 1. The van der Waals surface area contributed by atoms with E-state index in [9.17, 15) is 4.39 Å². The number of nitrogens with zero attached hydrogens (tertiary/aromatic N) is 1. The van der Waals surface area contributed by atoms with E-state index in [4.69, 9.17) is 4.74 Å². The van der Waals surface area contributed by atoms with Crippen LogP contribution in [-0.4, -0.2) is 12.5 Å². The quantitative estimate of drug-likeness (QED) is 0.762. The molecule has 3 heteroatoms. The van der Waals surface area contributed by atoms with Crippen LogP contribution in [0.5, 0.6) is 0 Å². The lowest BCUT2D eigenvalue weighted by Crippen LogP contribution is -1.99. The SMILES string of the molecule is CCCCC1=NC(c2ccc(F)cc2)CO1. The third-order valence-electron chi connectivity index (χ3n) is 2.71. The Morgan fingerprint density at radius 2 is 2.12 bits per heavy atom. The van der Waals surface area contributed by atoms with E-state index in [1.807, 2.05) is 0 Å². The van der Waals surface area contributed by atoms with Crippen LogP contribution in [-0.2, 0) is 4.74 Å². The second kappa shape index (κ2) is 5.10. The Morgan fingerprint density at radius 3 is 2.81 bits per heavy atom. The molecule has 1 atom stereocenters. The van der Waals surface area contributed by atoms with Crippen molar-refractivity contribution in [1.82, 2.24) is 0 Å². The Bertz CT molecular complexity index is 372. The molecule has 2 nitrogen and oxygen atoms in total. The van der Waals surface area contributed by atoms with Crippen LogP contribution >= 0.6 is 0 Å². The van der Waals surface area contributed by atoms with Gasteiger partial charge in [-0.25, -0.2) is 9.38 Å². The molecule has 0 N–H and O–H groups in total. The molecule has 0 aromatic heterocycles. The summed E-state index contributed by atoms with van der Waals surface area (Å²) >= 11 is 0. The number of unbranched alkanes of at least 4 members (excludes halogenated alkanes) is 1. The highest BCUT2D eigenvalue weighted by Gasteiger charge is 2.19. The summed E-state index contributed by atoms with van der Waals surface area (Å²) in [5.74, 6) is 0.633. The van der Waals surface area contributed by atoms with Crippen molar-refractivity contribution in [2.24, 2.45) is 4.99 Å². The van der Waals surface area contributed by atoms with E-state index in [1.54, 1.807) is 12.1 Å². The highest BCUT2D eigenvalue weighted by atomic mass is 19.1. The summed E-state index contributed by atoms with van der Waals surface area (Å²) in [6.07, 6.45) is 3.16. The van der Waals surface area contributed by atoms with Crippen molar-refractivity contribution in [2.75, 3.05) is 6.61 Å². The first kappa shape index (κ1) is 11.1. The van der Waals surface area contributed by atoms with Crippen LogP contribution < -0.4 is 0 Å². The first-order chi connectivity index (χ1) is 7.79. The number of benzene rings is 1. The summed E-state index contributed by atoms with van der Waals surface area (Å²) in [5, 5.41) is 0. The molecule has 0 radical (unpaired) electrons. The van der Waals surface area contributed by atoms with E-state index < -0.39 is 0 Å². The highest BCUT2D eigenvalue weighted by molar-refractivity contribution is 5.77. The van der Waals surface area contributed by atoms with Gasteiger partial charge in [0.15, 0.2) is 5.90 Å². The minimum Gasteiger partial charge on any atom is -0.478 e. The molecular weight excluding hydrogens is 205 g/mol. The molecule has 0 fully saturated rings. The third kappa shape index (κ3) is 2.60. The summed E-state index contributed by atoms with van der Waals surface area (Å²) in [5.41, 5.74) is 1.02. The molecule has 0 amide bonds. The molecule has 0 spiro atoms. The Balaban J connectivity index is 2.01. The van der Waals surface area contributed by atoms with Gasteiger partial charge in [-0.3, -0.25) is 0 Å². The van der Waals surface area contributed by atoms with E-state index in [0.717, 1.165) is 30.7 Å². The zero-order valence-electron chi connectivity index (χ0n) is 9.45. The largest absolute Gasteiger partial charge is 0.478 e. The van der Waals surface area contributed by atoms with E-state index >= 15 is 0 Å². The second-order valence-electron chi connectivity index (χ2n) is 4.00. The fourth-order valence-corrected chi connectivity index (χ4v) is 1.74. The molecule has 86 valence electrons. The van der Waals surface area contributed by atoms with E-state index in [1.165, 1.54) is 12.1 Å². The van der Waals surface area contributed by atoms with Crippen molar-refractivity contribution in [2.45, 2.75) is 32.2 Å². The lowest BCUT2D eigenvalue weighted by atomic mass is 10.1. The van der Waals surface area contributed by atoms with Crippen LogP contribution in [0.4, 0.5) is 4.39 Å². The van der Waals surface area contributed by atoms with Crippen LogP contribution in [0.1, 0.15) is 37.8 Å². The zero-order chi connectivity index (χ0) is 11.4. The molecule has 1 heterocycles. The van der Waals surface area contributed by atoms with Crippen molar-refractivity contribution in [3.63, 3.8) is 0 Å². The van der Waals surface area contributed by atoms with Gasteiger partial charge in [-0.15, -0.1) is 0 Å². The normalized spacial score (nSPS) is 19.4. The zero-order valence-corrected chi connectivity index (χ0v) is 9.45. The average Bonchev–Trinajstić information content (AvgIpc) is 2.76. The molecule has 0 saturated heterocycles. The summed E-state index contributed by atoms with van der Waals surface area (Å²) in [4.78, 5) is 4.50. The Hall–Kier alpha value is -1.38. The van der Waals surface area contributed by atoms with Gasteiger partial charge in [-0.05, 0) is 24.1 Å². The number of hydrogen-bond acceptors (Lipinski definition) is 2. The van der Waals surface area contributed by atoms with Gasteiger partial charge >= 0.3 is 0 Å². The first-order valence-corrected chi connectivity index (χ1v) is 5.74. The summed E-state index contributed by atoms with van der Waals surface area (Å²) in [6.45, 7) is 2.73. The van der Waals surface area contributed by atoms with Crippen molar-refractivity contribution in [3.8, 4) is 0 Å². The van der Waals surface area contributed by atoms with Crippen molar-refractivity contribution in [3.05, 3.63) is 35.6 Å². The molecule has 1 aliphatic heterocycles. The fraction of sp³-hybridized carbons (Fsp3) is 0.462. The summed E-state index contributed by atoms with van der Waals surface area (Å²) in [7, 11) is 0. The second-order valence-corrected chi connectivity index (χ2v) is 4.00. The number of halogens is 1. The Labute approximate surface area is 95.2 Å². The van der Waals surface area contributed by atoms with Crippen molar-refractivity contribution in [1.29, 1.82) is 0 Å². The predicted molar refractivity (Wildman–Crippen MR) is 62.1 cm³/mol. The van der Waals surface area contributed by atoms with Crippen LogP contribution in [0.15, 0.2) is 29.3 Å². The van der Waals surface area contributed by atoms with Gasteiger partial charge in [0.05, 0.1) is 0 Å². The predicted octanol–water partition coefficient (Wildman–Crippen LogP) is 3.49. The van der Waals surface area contributed by atoms with Gasteiger partial charge in [0.25, 0.3) is 0 Å². The lowest BCUT2D eigenvalue weighted by Gasteiger charge is -2.04.